The highest BCUT2D eigenvalue weighted by Crippen LogP contribution is 2.40. The smallest absolute Gasteiger partial charge is 0.0496 e. The summed E-state index contributed by atoms with van der Waals surface area (Å²) in [5.41, 5.74) is 6.55. The van der Waals surface area contributed by atoms with Crippen molar-refractivity contribution in [3.05, 3.63) is 0 Å². The second-order valence-corrected chi connectivity index (χ2v) is 7.14. The maximum atomic E-state index is 6.26. The Morgan fingerprint density at radius 1 is 1.11 bits per heavy atom. The molecular formula is C16H31N3. The van der Waals surface area contributed by atoms with E-state index in [9.17, 15) is 0 Å². The molecule has 2 atom stereocenters. The fraction of sp³-hybridized carbons (Fsp3) is 1.00. The first-order chi connectivity index (χ1) is 9.26. The molecule has 110 valence electrons. The van der Waals surface area contributed by atoms with E-state index in [1.807, 2.05) is 0 Å². The Balaban J connectivity index is 1.67. The molecule has 1 aliphatic carbocycles. The Morgan fingerprint density at radius 2 is 1.89 bits per heavy atom. The Kier molecular flexibility index (Phi) is 4.16. The number of hydrogen-bond acceptors (Lipinski definition) is 3. The molecule has 0 amide bonds. The van der Waals surface area contributed by atoms with Crippen molar-refractivity contribution in [3.8, 4) is 0 Å². The van der Waals surface area contributed by atoms with Gasteiger partial charge in [-0.05, 0) is 51.6 Å². The summed E-state index contributed by atoms with van der Waals surface area (Å²) in [6.45, 7) is 4.71. The fourth-order valence-corrected chi connectivity index (χ4v) is 4.98. The number of nitrogens with two attached hydrogens (primary N) is 1. The van der Waals surface area contributed by atoms with E-state index in [1.54, 1.807) is 0 Å². The van der Waals surface area contributed by atoms with Crippen molar-refractivity contribution in [2.24, 2.45) is 11.7 Å². The Labute approximate surface area is 118 Å². The SMILES string of the molecule is CN(CC1CCCCC1)C1(CN)CCN2CCCC21. The second-order valence-electron chi connectivity index (χ2n) is 7.14. The first kappa shape index (κ1) is 13.8. The van der Waals surface area contributed by atoms with Crippen molar-refractivity contribution in [2.75, 3.05) is 33.2 Å². The molecule has 0 aromatic heterocycles. The van der Waals surface area contributed by atoms with Crippen molar-refractivity contribution in [1.29, 1.82) is 0 Å². The van der Waals surface area contributed by atoms with Gasteiger partial charge in [0.1, 0.15) is 0 Å². The largest absolute Gasteiger partial charge is 0.329 e. The Hall–Kier alpha value is -0.120. The molecule has 0 spiro atoms. The van der Waals surface area contributed by atoms with Crippen LogP contribution in [0.2, 0.25) is 0 Å². The van der Waals surface area contributed by atoms with E-state index in [-0.39, 0.29) is 5.54 Å². The van der Waals surface area contributed by atoms with Crippen LogP contribution in [0, 0.1) is 5.92 Å². The van der Waals surface area contributed by atoms with Crippen LogP contribution >= 0.6 is 0 Å². The third-order valence-electron chi connectivity index (χ3n) is 6.19. The zero-order chi connectivity index (χ0) is 13.3. The number of likely N-dealkylation sites (N-methyl/N-ethyl adjacent to an activating group) is 1. The minimum atomic E-state index is 0.286. The molecule has 2 heterocycles. The predicted octanol–water partition coefficient (Wildman–Crippen LogP) is 2.06. The van der Waals surface area contributed by atoms with Gasteiger partial charge in [0.15, 0.2) is 0 Å². The molecule has 0 radical (unpaired) electrons. The van der Waals surface area contributed by atoms with E-state index in [2.05, 4.69) is 16.8 Å². The van der Waals surface area contributed by atoms with Crippen LogP contribution < -0.4 is 5.73 Å². The maximum Gasteiger partial charge on any atom is 0.0496 e. The summed E-state index contributed by atoms with van der Waals surface area (Å²) in [5, 5.41) is 0. The van der Waals surface area contributed by atoms with Gasteiger partial charge in [0, 0.05) is 31.2 Å². The maximum absolute atomic E-state index is 6.26. The van der Waals surface area contributed by atoms with E-state index in [0.717, 1.165) is 18.5 Å². The lowest BCUT2D eigenvalue weighted by molar-refractivity contribution is 0.0687. The lowest BCUT2D eigenvalue weighted by Crippen LogP contribution is -2.59. The van der Waals surface area contributed by atoms with Gasteiger partial charge in [-0.15, -0.1) is 0 Å². The van der Waals surface area contributed by atoms with Crippen molar-refractivity contribution in [3.63, 3.8) is 0 Å². The molecule has 3 fully saturated rings. The van der Waals surface area contributed by atoms with Crippen LogP contribution in [0.1, 0.15) is 51.4 Å². The molecule has 19 heavy (non-hydrogen) atoms. The second kappa shape index (κ2) is 5.71. The van der Waals surface area contributed by atoms with Crippen molar-refractivity contribution < 1.29 is 0 Å². The molecule has 3 rings (SSSR count). The van der Waals surface area contributed by atoms with Gasteiger partial charge in [0.25, 0.3) is 0 Å². The van der Waals surface area contributed by atoms with Crippen molar-refractivity contribution >= 4 is 0 Å². The monoisotopic (exact) mass is 265 g/mol. The van der Waals surface area contributed by atoms with Crippen LogP contribution in [0.15, 0.2) is 0 Å². The average molecular weight is 265 g/mol. The molecule has 3 nitrogen and oxygen atoms in total. The Bertz CT molecular complexity index is 300. The fourth-order valence-electron chi connectivity index (χ4n) is 4.98. The average Bonchev–Trinajstić information content (AvgIpc) is 3.01. The summed E-state index contributed by atoms with van der Waals surface area (Å²) < 4.78 is 0. The summed E-state index contributed by atoms with van der Waals surface area (Å²) in [4.78, 5) is 5.36. The van der Waals surface area contributed by atoms with Crippen LogP contribution in [0.25, 0.3) is 0 Å². The molecule has 0 aromatic rings. The van der Waals surface area contributed by atoms with Gasteiger partial charge in [-0.2, -0.15) is 0 Å². The van der Waals surface area contributed by atoms with Gasteiger partial charge in [-0.1, -0.05) is 19.3 Å². The molecule has 2 unspecified atom stereocenters. The van der Waals surface area contributed by atoms with E-state index in [4.69, 9.17) is 5.73 Å². The third kappa shape index (κ3) is 2.45. The minimum Gasteiger partial charge on any atom is -0.329 e. The summed E-state index contributed by atoms with van der Waals surface area (Å²) in [5.74, 6) is 0.928. The molecule has 2 aliphatic heterocycles. The number of rotatable bonds is 4. The predicted molar refractivity (Wildman–Crippen MR) is 80.2 cm³/mol. The van der Waals surface area contributed by atoms with E-state index in [0.29, 0.717) is 0 Å². The van der Waals surface area contributed by atoms with E-state index < -0.39 is 0 Å². The standard InChI is InChI=1S/C16H31N3/c1-18(12-14-6-3-2-4-7-14)16(13-17)9-11-19-10-5-8-15(16)19/h14-15H,2-13,17H2,1H3. The topological polar surface area (TPSA) is 32.5 Å². The molecule has 3 aliphatic rings. The summed E-state index contributed by atoms with van der Waals surface area (Å²) in [7, 11) is 2.35. The van der Waals surface area contributed by atoms with Crippen LogP contribution in [0.3, 0.4) is 0 Å². The summed E-state index contributed by atoms with van der Waals surface area (Å²) in [6.07, 6.45) is 11.3. The summed E-state index contributed by atoms with van der Waals surface area (Å²) >= 11 is 0. The lowest BCUT2D eigenvalue weighted by Gasteiger charge is -2.44. The summed E-state index contributed by atoms with van der Waals surface area (Å²) in [6, 6.07) is 0.742. The quantitative estimate of drug-likeness (QED) is 0.844. The third-order valence-corrected chi connectivity index (χ3v) is 6.19. The molecule has 0 bridgehead atoms. The highest BCUT2D eigenvalue weighted by atomic mass is 15.3. The first-order valence-electron chi connectivity index (χ1n) is 8.41. The lowest BCUT2D eigenvalue weighted by atomic mass is 9.84. The van der Waals surface area contributed by atoms with Crippen LogP contribution in [-0.4, -0.2) is 54.6 Å². The number of nitrogens with zero attached hydrogens (tertiary/aromatic N) is 2. The molecule has 3 heteroatoms. The number of fused-ring (bicyclic) bond motifs is 1. The molecule has 0 aromatic carbocycles. The Morgan fingerprint density at radius 3 is 2.63 bits per heavy atom. The zero-order valence-electron chi connectivity index (χ0n) is 12.6. The van der Waals surface area contributed by atoms with E-state index in [1.165, 1.54) is 71.0 Å². The van der Waals surface area contributed by atoms with E-state index >= 15 is 0 Å². The highest BCUT2D eigenvalue weighted by Gasteiger charge is 2.50. The van der Waals surface area contributed by atoms with Gasteiger partial charge in [-0.25, -0.2) is 0 Å². The van der Waals surface area contributed by atoms with Gasteiger partial charge in [-0.3, -0.25) is 9.80 Å². The zero-order valence-corrected chi connectivity index (χ0v) is 12.6. The molecule has 2 N–H and O–H groups in total. The van der Waals surface area contributed by atoms with Gasteiger partial charge in [0.05, 0.1) is 0 Å². The first-order valence-corrected chi connectivity index (χ1v) is 8.41. The van der Waals surface area contributed by atoms with Crippen LogP contribution in [-0.2, 0) is 0 Å². The van der Waals surface area contributed by atoms with Crippen molar-refractivity contribution in [2.45, 2.75) is 62.9 Å². The van der Waals surface area contributed by atoms with Crippen LogP contribution in [0.4, 0.5) is 0 Å². The molecule has 1 saturated carbocycles. The van der Waals surface area contributed by atoms with Crippen molar-refractivity contribution in [1.82, 2.24) is 9.80 Å². The molecular weight excluding hydrogens is 234 g/mol. The van der Waals surface area contributed by atoms with Gasteiger partial charge in [0.2, 0.25) is 0 Å². The normalized spacial score (nSPS) is 37.1. The highest BCUT2D eigenvalue weighted by molar-refractivity contribution is 5.09. The minimum absolute atomic E-state index is 0.286. The number of hydrogen-bond donors (Lipinski definition) is 1. The molecule has 2 saturated heterocycles. The van der Waals surface area contributed by atoms with Gasteiger partial charge < -0.3 is 5.73 Å². The van der Waals surface area contributed by atoms with Crippen LogP contribution in [0.5, 0.6) is 0 Å². The van der Waals surface area contributed by atoms with Gasteiger partial charge >= 0.3 is 0 Å².